The van der Waals surface area contributed by atoms with Gasteiger partial charge in [0, 0.05) is 27.2 Å². The molecule has 1 saturated heterocycles. The summed E-state index contributed by atoms with van der Waals surface area (Å²) in [6, 6.07) is 11.4. The van der Waals surface area contributed by atoms with Crippen molar-refractivity contribution in [2.24, 2.45) is 0 Å². The first kappa shape index (κ1) is 23.7. The van der Waals surface area contributed by atoms with Gasteiger partial charge in [-0.25, -0.2) is 17.5 Å². The molecule has 0 aliphatic carbocycles. The fourth-order valence-corrected chi connectivity index (χ4v) is 4.46. The van der Waals surface area contributed by atoms with Gasteiger partial charge < -0.3 is 14.4 Å². The first-order valence-corrected chi connectivity index (χ1v) is 11.9. The second kappa shape index (κ2) is 10.1. The Labute approximate surface area is 188 Å². The number of para-hydroxylation sites is 1. The van der Waals surface area contributed by atoms with Crippen LogP contribution in [0.3, 0.4) is 0 Å². The predicted octanol–water partition coefficient (Wildman–Crippen LogP) is 2.98. The molecule has 9 heteroatoms. The first-order chi connectivity index (χ1) is 15.2. The zero-order valence-corrected chi connectivity index (χ0v) is 19.4. The van der Waals surface area contributed by atoms with Gasteiger partial charge in [0.15, 0.2) is 5.78 Å². The van der Waals surface area contributed by atoms with Gasteiger partial charge in [-0.1, -0.05) is 12.1 Å². The summed E-state index contributed by atoms with van der Waals surface area (Å²) in [6.45, 7) is 3.06. The van der Waals surface area contributed by atoms with Crippen molar-refractivity contribution in [1.29, 1.82) is 0 Å². The average molecular weight is 461 g/mol. The van der Waals surface area contributed by atoms with Crippen LogP contribution < -0.4 is 9.64 Å². The van der Waals surface area contributed by atoms with Gasteiger partial charge in [0.2, 0.25) is 10.0 Å². The molecule has 1 aliphatic heterocycles. The monoisotopic (exact) mass is 460 g/mol. The lowest BCUT2D eigenvalue weighted by molar-refractivity contribution is 0.0449. The number of carbonyl (C=O) groups excluding carboxylic acids is 2. The fourth-order valence-electron chi connectivity index (χ4n) is 3.53. The highest BCUT2D eigenvalue weighted by Gasteiger charge is 2.25. The van der Waals surface area contributed by atoms with Crippen molar-refractivity contribution in [2.75, 3.05) is 45.3 Å². The molecule has 1 heterocycles. The lowest BCUT2D eigenvalue weighted by atomic mass is 10.1. The number of Topliss-reactive ketones (excluding diaryl/α,β-unsaturated/α-hetero) is 1. The molecule has 0 spiro atoms. The van der Waals surface area contributed by atoms with E-state index in [1.165, 1.54) is 33.2 Å². The molecule has 0 unspecified atom stereocenters. The first-order valence-electron chi connectivity index (χ1n) is 10.4. The highest BCUT2D eigenvalue weighted by Crippen LogP contribution is 2.29. The Balaban J connectivity index is 1.75. The minimum Gasteiger partial charge on any atom is -0.489 e. The Bertz CT molecular complexity index is 1090. The summed E-state index contributed by atoms with van der Waals surface area (Å²) in [5, 5.41) is 0. The van der Waals surface area contributed by atoms with Crippen LogP contribution in [0.2, 0.25) is 0 Å². The smallest absolute Gasteiger partial charge is 0.340 e. The van der Waals surface area contributed by atoms with Crippen LogP contribution in [0, 0.1) is 0 Å². The zero-order valence-electron chi connectivity index (χ0n) is 18.5. The third-order valence-electron chi connectivity index (χ3n) is 5.25. The molecule has 2 aromatic rings. The minimum absolute atomic E-state index is 0.0315. The highest BCUT2D eigenvalue weighted by molar-refractivity contribution is 7.89. The molecule has 1 aliphatic rings. The van der Waals surface area contributed by atoms with Gasteiger partial charge in [-0.05, 0) is 50.1 Å². The number of hydrogen-bond donors (Lipinski definition) is 0. The van der Waals surface area contributed by atoms with E-state index in [9.17, 15) is 18.0 Å². The Hall–Kier alpha value is -2.91. The molecular formula is C23H28N2O6S. The molecular weight excluding hydrogens is 432 g/mol. The van der Waals surface area contributed by atoms with E-state index >= 15 is 0 Å². The normalized spacial score (nSPS) is 13.9. The standard InChI is InChI=1S/C23H28N2O6S/c1-17(26)19-8-4-5-9-22(19)30-14-15-31-23(27)20-16-18(32(28,29)24(2)3)10-11-21(20)25-12-6-7-13-25/h4-5,8-11,16H,6-7,12-15H2,1-3H3. The van der Waals surface area contributed by atoms with Gasteiger partial charge in [0.25, 0.3) is 0 Å². The highest BCUT2D eigenvalue weighted by atomic mass is 32.2. The van der Waals surface area contributed by atoms with Gasteiger partial charge >= 0.3 is 5.97 Å². The van der Waals surface area contributed by atoms with Crippen molar-refractivity contribution < 1.29 is 27.5 Å². The average Bonchev–Trinajstić information content (AvgIpc) is 3.31. The summed E-state index contributed by atoms with van der Waals surface area (Å²) in [4.78, 5) is 26.7. The maximum atomic E-state index is 12.9. The molecule has 1 fully saturated rings. The molecule has 172 valence electrons. The van der Waals surface area contributed by atoms with Crippen LogP contribution in [0.25, 0.3) is 0 Å². The summed E-state index contributed by atoms with van der Waals surface area (Å²) in [5.74, 6) is -0.314. The van der Waals surface area contributed by atoms with Crippen molar-refractivity contribution in [3.8, 4) is 5.75 Å². The number of esters is 1. The largest absolute Gasteiger partial charge is 0.489 e. The van der Waals surface area contributed by atoms with Crippen molar-refractivity contribution in [2.45, 2.75) is 24.7 Å². The van der Waals surface area contributed by atoms with Crippen molar-refractivity contribution in [1.82, 2.24) is 4.31 Å². The predicted molar refractivity (Wildman–Crippen MR) is 121 cm³/mol. The molecule has 0 radical (unpaired) electrons. The SMILES string of the molecule is CC(=O)c1ccccc1OCCOC(=O)c1cc(S(=O)(=O)N(C)C)ccc1N1CCCC1. The fraction of sp³-hybridized carbons (Fsp3) is 0.391. The van der Waals surface area contributed by atoms with E-state index in [-0.39, 0.29) is 29.5 Å². The van der Waals surface area contributed by atoms with E-state index in [2.05, 4.69) is 4.90 Å². The minimum atomic E-state index is -3.70. The number of benzene rings is 2. The Morgan fingerprint density at radius 3 is 2.34 bits per heavy atom. The number of carbonyl (C=O) groups is 2. The molecule has 2 aromatic carbocycles. The summed E-state index contributed by atoms with van der Waals surface area (Å²) in [7, 11) is -0.812. The van der Waals surface area contributed by atoms with Crippen LogP contribution in [-0.4, -0.2) is 64.9 Å². The molecule has 8 nitrogen and oxygen atoms in total. The van der Waals surface area contributed by atoms with Gasteiger partial charge in [-0.2, -0.15) is 0 Å². The number of rotatable bonds is 9. The summed E-state index contributed by atoms with van der Waals surface area (Å²) < 4.78 is 37.2. The summed E-state index contributed by atoms with van der Waals surface area (Å²) in [5.41, 5.74) is 1.32. The maximum absolute atomic E-state index is 12.9. The van der Waals surface area contributed by atoms with Crippen molar-refractivity contribution in [3.63, 3.8) is 0 Å². The van der Waals surface area contributed by atoms with Crippen LogP contribution >= 0.6 is 0 Å². The van der Waals surface area contributed by atoms with Crippen LogP contribution in [0.1, 0.15) is 40.5 Å². The van der Waals surface area contributed by atoms with E-state index < -0.39 is 16.0 Å². The summed E-state index contributed by atoms with van der Waals surface area (Å²) in [6.07, 6.45) is 2.02. The molecule has 0 bridgehead atoms. The maximum Gasteiger partial charge on any atom is 0.340 e. The second-order valence-electron chi connectivity index (χ2n) is 7.70. The van der Waals surface area contributed by atoms with Crippen LogP contribution in [0.4, 0.5) is 5.69 Å². The number of nitrogens with zero attached hydrogens (tertiary/aromatic N) is 2. The molecule has 0 N–H and O–H groups in total. The second-order valence-corrected chi connectivity index (χ2v) is 9.85. The van der Waals surface area contributed by atoms with Gasteiger partial charge in [-0.15, -0.1) is 0 Å². The number of ketones is 1. The third-order valence-corrected chi connectivity index (χ3v) is 7.06. The number of sulfonamides is 1. The molecule has 0 amide bonds. The number of ether oxygens (including phenoxy) is 2. The lowest BCUT2D eigenvalue weighted by Gasteiger charge is -2.22. The van der Waals surface area contributed by atoms with Gasteiger partial charge in [0.05, 0.1) is 21.7 Å². The van der Waals surface area contributed by atoms with Gasteiger partial charge in [0.1, 0.15) is 19.0 Å². The zero-order chi connectivity index (χ0) is 23.3. The third kappa shape index (κ3) is 5.28. The summed E-state index contributed by atoms with van der Waals surface area (Å²) >= 11 is 0. The molecule has 3 rings (SSSR count). The topological polar surface area (TPSA) is 93.2 Å². The lowest BCUT2D eigenvalue weighted by Crippen LogP contribution is -2.25. The molecule has 0 saturated carbocycles. The van der Waals surface area contributed by atoms with Crippen LogP contribution in [0.15, 0.2) is 47.4 Å². The Kier molecular flexibility index (Phi) is 7.52. The molecule has 32 heavy (non-hydrogen) atoms. The van der Waals surface area contributed by atoms with Crippen LogP contribution in [-0.2, 0) is 14.8 Å². The molecule has 0 aromatic heterocycles. The number of anilines is 1. The van der Waals surface area contributed by atoms with Gasteiger partial charge in [-0.3, -0.25) is 4.79 Å². The van der Waals surface area contributed by atoms with Crippen molar-refractivity contribution in [3.05, 3.63) is 53.6 Å². The van der Waals surface area contributed by atoms with E-state index in [0.717, 1.165) is 30.2 Å². The molecule has 0 atom stereocenters. The van der Waals surface area contributed by atoms with E-state index in [0.29, 0.717) is 17.0 Å². The van der Waals surface area contributed by atoms with Crippen LogP contribution in [0.5, 0.6) is 5.75 Å². The van der Waals surface area contributed by atoms with E-state index in [1.54, 1.807) is 30.3 Å². The van der Waals surface area contributed by atoms with E-state index in [1.807, 2.05) is 0 Å². The Morgan fingerprint density at radius 1 is 1.00 bits per heavy atom. The van der Waals surface area contributed by atoms with Crippen molar-refractivity contribution >= 4 is 27.5 Å². The number of hydrogen-bond acceptors (Lipinski definition) is 7. The van der Waals surface area contributed by atoms with E-state index in [4.69, 9.17) is 9.47 Å². The quantitative estimate of drug-likeness (QED) is 0.323. The Morgan fingerprint density at radius 2 is 1.69 bits per heavy atom.